The lowest BCUT2D eigenvalue weighted by molar-refractivity contribution is -0.136. The van der Waals surface area contributed by atoms with E-state index in [1.807, 2.05) is 36.5 Å². The second-order valence-corrected chi connectivity index (χ2v) is 23.5. The maximum Gasteiger partial charge on any atom is 0.313 e. The van der Waals surface area contributed by atoms with Crippen molar-refractivity contribution in [3.8, 4) is 11.5 Å². The number of halogens is 5. The number of carbonyl (C=O) groups is 2. The summed E-state index contributed by atoms with van der Waals surface area (Å²) in [5.74, 6) is -5.26. The maximum absolute atomic E-state index is 13.9. The first-order valence-electron chi connectivity index (χ1n) is 32.3. The Morgan fingerprint density at radius 1 is 0.663 bits per heavy atom. The molecule has 1 saturated carbocycles. The van der Waals surface area contributed by atoms with Crippen molar-refractivity contribution in [1.29, 1.82) is 0 Å². The summed E-state index contributed by atoms with van der Waals surface area (Å²) in [4.78, 5) is 39.3. The van der Waals surface area contributed by atoms with Gasteiger partial charge in [0.25, 0.3) is 0 Å². The number of anilines is 1. The molecule has 5 aromatic rings. The van der Waals surface area contributed by atoms with Crippen molar-refractivity contribution in [2.24, 2.45) is 5.92 Å². The second kappa shape index (κ2) is 36.9. The minimum absolute atomic E-state index is 0.0463. The molecule has 1 amide bonds. The van der Waals surface area contributed by atoms with Crippen LogP contribution in [0.5, 0.6) is 11.5 Å². The number of piperidine rings is 1. The summed E-state index contributed by atoms with van der Waals surface area (Å²) < 4.78 is 127. The van der Waals surface area contributed by atoms with Crippen LogP contribution in [-0.2, 0) is 60.4 Å². The SMILES string of the molecule is Cc1nnc(C2CN(c3ncc(OCCCCc4cn(CCOCCOCCOCCOCCOCCOCCOCCOCCC(=O)Oc5c(F)cc(F)cc5F)nn4)cn3)C2)n1C1CC2CCC(C1)N2CC[C@H](NC(=O)C1CCC(F)(F)CC1)c1ccccc1. The van der Waals surface area contributed by atoms with Crippen LogP contribution in [0.3, 0.4) is 0 Å². The fourth-order valence-corrected chi connectivity index (χ4v) is 12.1. The van der Waals surface area contributed by atoms with Crippen molar-refractivity contribution < 1.29 is 78.9 Å². The van der Waals surface area contributed by atoms with Crippen LogP contribution in [0.2, 0.25) is 0 Å². The van der Waals surface area contributed by atoms with Crippen LogP contribution in [0.25, 0.3) is 0 Å². The van der Waals surface area contributed by atoms with Gasteiger partial charge in [-0.25, -0.2) is 36.6 Å². The normalized spacial score (nSPS) is 18.7. The van der Waals surface area contributed by atoms with E-state index in [0.717, 1.165) is 93.9 Å². The Labute approximate surface area is 533 Å². The van der Waals surface area contributed by atoms with Crippen LogP contribution in [0.15, 0.2) is 61.1 Å². The van der Waals surface area contributed by atoms with Crippen molar-refractivity contribution in [2.75, 3.05) is 137 Å². The highest BCUT2D eigenvalue weighted by Gasteiger charge is 2.44. The Bertz CT molecular complexity index is 2940. The zero-order valence-electron chi connectivity index (χ0n) is 52.5. The summed E-state index contributed by atoms with van der Waals surface area (Å²) in [6, 6.07) is 11.9. The molecule has 2 bridgehead atoms. The molecular formula is C64H88F5N11O12. The first-order chi connectivity index (χ1) is 44.9. The van der Waals surface area contributed by atoms with Gasteiger partial charge in [0.1, 0.15) is 17.5 Å². The number of carbonyl (C=O) groups excluding carboxylic acids is 2. The average molecular weight is 1300 g/mol. The molecule has 4 fully saturated rings. The van der Waals surface area contributed by atoms with Gasteiger partial charge < -0.3 is 62.2 Å². The van der Waals surface area contributed by atoms with E-state index in [1.54, 1.807) is 17.1 Å². The van der Waals surface area contributed by atoms with Crippen LogP contribution < -0.4 is 19.7 Å². The van der Waals surface area contributed by atoms with E-state index in [1.165, 1.54) is 0 Å². The number of nitrogens with zero attached hydrogens (tertiary/aromatic N) is 10. The third-order valence-corrected chi connectivity index (χ3v) is 16.9. The van der Waals surface area contributed by atoms with Crippen LogP contribution >= 0.6 is 0 Å². The van der Waals surface area contributed by atoms with Gasteiger partial charge in [-0.15, -0.1) is 15.3 Å². The molecule has 3 aliphatic heterocycles. The van der Waals surface area contributed by atoms with E-state index in [2.05, 4.69) is 56.7 Å². The van der Waals surface area contributed by atoms with Gasteiger partial charge in [0, 0.05) is 74.8 Å². The van der Waals surface area contributed by atoms with Crippen molar-refractivity contribution in [2.45, 2.75) is 133 Å². The fourth-order valence-electron chi connectivity index (χ4n) is 12.1. The van der Waals surface area contributed by atoms with Gasteiger partial charge in [-0.3, -0.25) is 14.5 Å². The monoisotopic (exact) mass is 1300 g/mol. The molecule has 9 rings (SSSR count). The summed E-state index contributed by atoms with van der Waals surface area (Å²) in [6.45, 7) is 11.4. The number of rotatable bonds is 43. The molecular weight excluding hydrogens is 1210 g/mol. The summed E-state index contributed by atoms with van der Waals surface area (Å²) in [5, 5.41) is 21.1. The number of alkyl halides is 2. The van der Waals surface area contributed by atoms with E-state index < -0.39 is 35.1 Å². The van der Waals surface area contributed by atoms with Crippen molar-refractivity contribution in [1.82, 2.24) is 49.9 Å². The Hall–Kier alpha value is -6.37. The number of amides is 1. The van der Waals surface area contributed by atoms with Gasteiger partial charge in [-0.05, 0) is 76.7 Å². The highest BCUT2D eigenvalue weighted by Crippen LogP contribution is 2.44. The number of nitrogens with one attached hydrogen (secondary N) is 1. The van der Waals surface area contributed by atoms with E-state index in [0.29, 0.717) is 141 Å². The van der Waals surface area contributed by atoms with Crippen LogP contribution in [0, 0.1) is 30.3 Å². The molecule has 1 N–H and O–H groups in total. The molecule has 23 nitrogen and oxygen atoms in total. The van der Waals surface area contributed by atoms with E-state index in [-0.39, 0.29) is 75.7 Å². The first kappa shape index (κ1) is 70.0. The third-order valence-electron chi connectivity index (χ3n) is 16.9. The van der Waals surface area contributed by atoms with E-state index in [9.17, 15) is 31.5 Å². The molecule has 2 unspecified atom stereocenters. The molecule has 3 saturated heterocycles. The smallest absolute Gasteiger partial charge is 0.313 e. The topological polar surface area (TPSA) is 232 Å². The summed E-state index contributed by atoms with van der Waals surface area (Å²) in [5.41, 5.74) is 1.96. The number of aromatic nitrogens is 8. The highest BCUT2D eigenvalue weighted by molar-refractivity contribution is 5.79. The average Bonchev–Trinajstić information content (AvgIpc) is 1.58. The molecule has 28 heteroatoms. The lowest BCUT2D eigenvalue weighted by Gasteiger charge is -2.42. The second-order valence-electron chi connectivity index (χ2n) is 23.5. The predicted molar refractivity (Wildman–Crippen MR) is 324 cm³/mol. The van der Waals surface area contributed by atoms with Gasteiger partial charge in [-0.2, -0.15) is 0 Å². The maximum atomic E-state index is 13.9. The number of hydrogen-bond acceptors (Lipinski definition) is 20. The first-order valence-corrected chi connectivity index (χ1v) is 32.3. The number of esters is 1. The molecule has 3 aromatic heterocycles. The summed E-state index contributed by atoms with van der Waals surface area (Å²) in [6.07, 6.45) is 12.7. The molecule has 2 aromatic carbocycles. The Kier molecular flexibility index (Phi) is 28.1. The lowest BCUT2D eigenvalue weighted by Crippen LogP contribution is -2.48. The molecule has 92 heavy (non-hydrogen) atoms. The molecule has 1 aliphatic carbocycles. The number of fused-ring (bicyclic) bond motifs is 2. The minimum atomic E-state index is -2.67. The fraction of sp³-hybridized carbons (Fsp3) is 0.656. The van der Waals surface area contributed by atoms with Crippen molar-refractivity contribution >= 4 is 17.8 Å². The molecule has 0 radical (unpaired) electrons. The van der Waals surface area contributed by atoms with Gasteiger partial charge in [0.15, 0.2) is 17.4 Å². The summed E-state index contributed by atoms with van der Waals surface area (Å²) >= 11 is 0. The third kappa shape index (κ3) is 22.1. The van der Waals surface area contributed by atoms with Crippen molar-refractivity contribution in [3.63, 3.8) is 0 Å². The standard InChI is InChI=1S/C64H88F5N11O12/c1-46-73-75-61(80(46)54-39-52-10-11-53(40-54)79(52)18-14-58(47-7-3-2-4-8-47)72-62(82)48-12-16-64(68,69)17-13-48)49-43-77(44-49)63-70-41-55(42-71-63)91-20-6-5-9-51-45-78(76-74-51)19-22-84-24-26-86-28-30-88-32-34-90-36-35-89-33-31-87-29-27-85-25-23-83-21-15-59(81)92-60-56(66)37-50(65)38-57(60)67/h2-4,7-8,37-38,41-42,45,48-49,52-54,58H,5-6,9-36,39-40,43-44H2,1H3,(H,72,82)/t52?,53?,54?,58-/m0/s1. The Morgan fingerprint density at radius 3 is 1.82 bits per heavy atom. The van der Waals surface area contributed by atoms with E-state index in [4.69, 9.17) is 47.7 Å². The molecule has 4 aliphatic rings. The minimum Gasteiger partial charge on any atom is -0.490 e. The largest absolute Gasteiger partial charge is 0.490 e. The Morgan fingerprint density at radius 2 is 1.23 bits per heavy atom. The van der Waals surface area contributed by atoms with Crippen LogP contribution in [0.4, 0.5) is 27.9 Å². The molecule has 6 heterocycles. The highest BCUT2D eigenvalue weighted by atomic mass is 19.3. The van der Waals surface area contributed by atoms with Crippen LogP contribution in [-0.4, -0.2) is 206 Å². The van der Waals surface area contributed by atoms with Gasteiger partial charge >= 0.3 is 5.97 Å². The molecule has 506 valence electrons. The van der Waals surface area contributed by atoms with Gasteiger partial charge in [0.05, 0.1) is 155 Å². The molecule has 3 atom stereocenters. The lowest BCUT2D eigenvalue weighted by atomic mass is 9.86. The quantitative estimate of drug-likeness (QED) is 0.0170. The number of hydrogen-bond donors (Lipinski definition) is 1. The zero-order valence-corrected chi connectivity index (χ0v) is 52.5. The van der Waals surface area contributed by atoms with Crippen molar-refractivity contribution in [3.05, 3.63) is 101 Å². The van der Waals surface area contributed by atoms with Crippen LogP contribution in [0.1, 0.15) is 118 Å². The summed E-state index contributed by atoms with van der Waals surface area (Å²) in [7, 11) is 0. The number of aryl methyl sites for hydroxylation is 2. The number of benzene rings is 2. The zero-order chi connectivity index (χ0) is 64.3. The number of unbranched alkanes of at least 4 members (excludes halogenated alkanes) is 1. The number of ether oxygens (including phenoxy) is 10. The van der Waals surface area contributed by atoms with E-state index >= 15 is 0 Å². The molecule has 0 spiro atoms. The predicted octanol–water partition coefficient (Wildman–Crippen LogP) is 7.76. The van der Waals surface area contributed by atoms with Gasteiger partial charge in [0.2, 0.25) is 23.5 Å². The Balaban J connectivity index is 0.530. The van der Waals surface area contributed by atoms with Gasteiger partial charge in [-0.1, -0.05) is 35.5 Å².